The number of hydrogen-bond donors (Lipinski definition) is 0. The molecule has 0 N–H and O–H groups in total. The van der Waals surface area contributed by atoms with Crippen LogP contribution in [0.4, 0.5) is 5.82 Å². The van der Waals surface area contributed by atoms with Crippen LogP contribution in [0.1, 0.15) is 31.4 Å². The number of anilines is 1. The maximum atomic E-state index is 13.3. The van der Waals surface area contributed by atoms with Crippen molar-refractivity contribution in [3.63, 3.8) is 0 Å². The van der Waals surface area contributed by atoms with Crippen LogP contribution in [-0.2, 0) is 10.0 Å². The SMILES string of the molecule is COc1ccc(S(=O)(=O)N2CCC(N(SC3=CCCC=C3Cl)c3cccc(C)n3)CC2)cc1Cl. The van der Waals surface area contributed by atoms with E-state index in [0.717, 1.165) is 34.3 Å². The van der Waals surface area contributed by atoms with Crippen molar-refractivity contribution in [3.05, 3.63) is 69.2 Å². The summed E-state index contributed by atoms with van der Waals surface area (Å²) in [5.74, 6) is 1.30. The fraction of sp³-hybridized carbons (Fsp3) is 0.375. The number of aromatic nitrogens is 1. The quantitative estimate of drug-likeness (QED) is 0.392. The van der Waals surface area contributed by atoms with Gasteiger partial charge in [0.2, 0.25) is 10.0 Å². The fourth-order valence-electron chi connectivity index (χ4n) is 4.04. The molecule has 0 atom stereocenters. The Morgan fingerprint density at radius 3 is 2.50 bits per heavy atom. The lowest BCUT2D eigenvalue weighted by molar-refractivity contribution is 0.322. The first-order valence-corrected chi connectivity index (χ1v) is 14.1. The third-order valence-electron chi connectivity index (χ3n) is 5.87. The van der Waals surface area contributed by atoms with E-state index in [1.165, 1.54) is 23.5 Å². The largest absolute Gasteiger partial charge is 0.495 e. The second kappa shape index (κ2) is 10.9. The normalized spacial score (nSPS) is 17.8. The van der Waals surface area contributed by atoms with Crippen LogP contribution in [0.2, 0.25) is 5.02 Å². The number of piperidine rings is 1. The van der Waals surface area contributed by atoms with E-state index in [-0.39, 0.29) is 16.0 Å². The van der Waals surface area contributed by atoms with Crippen LogP contribution in [-0.4, -0.2) is 43.9 Å². The van der Waals surface area contributed by atoms with Gasteiger partial charge in [0, 0.05) is 29.7 Å². The summed E-state index contributed by atoms with van der Waals surface area (Å²) in [5.41, 5.74) is 0.929. The summed E-state index contributed by atoms with van der Waals surface area (Å²) in [6, 6.07) is 10.6. The highest BCUT2D eigenvalue weighted by Crippen LogP contribution is 2.39. The van der Waals surface area contributed by atoms with E-state index in [4.69, 9.17) is 32.9 Å². The zero-order valence-electron chi connectivity index (χ0n) is 19.1. The molecule has 1 aromatic heterocycles. The molecule has 2 heterocycles. The Morgan fingerprint density at radius 2 is 1.85 bits per heavy atom. The van der Waals surface area contributed by atoms with Crippen LogP contribution >= 0.6 is 35.1 Å². The lowest BCUT2D eigenvalue weighted by atomic mass is 10.1. The van der Waals surface area contributed by atoms with Gasteiger partial charge in [-0.05, 0) is 74.9 Å². The minimum Gasteiger partial charge on any atom is -0.495 e. The topological polar surface area (TPSA) is 62.7 Å². The third kappa shape index (κ3) is 5.57. The van der Waals surface area contributed by atoms with Crippen LogP contribution in [0.3, 0.4) is 0 Å². The van der Waals surface area contributed by atoms with Crippen molar-refractivity contribution in [1.29, 1.82) is 0 Å². The second-order valence-corrected chi connectivity index (χ2v) is 12.0. The number of allylic oxidation sites excluding steroid dienone is 3. The molecule has 34 heavy (non-hydrogen) atoms. The molecule has 1 aliphatic heterocycles. The number of halogens is 2. The zero-order chi connectivity index (χ0) is 24.3. The van der Waals surface area contributed by atoms with Gasteiger partial charge in [0.05, 0.1) is 22.1 Å². The molecule has 10 heteroatoms. The summed E-state index contributed by atoms with van der Waals surface area (Å²) in [6.07, 6.45) is 7.43. The number of methoxy groups -OCH3 is 1. The smallest absolute Gasteiger partial charge is 0.243 e. The first kappa shape index (κ1) is 25.4. The lowest BCUT2D eigenvalue weighted by Gasteiger charge is -2.38. The molecular weight excluding hydrogens is 513 g/mol. The molecule has 2 aliphatic rings. The fourth-order valence-corrected chi connectivity index (χ4v) is 7.28. The molecule has 182 valence electrons. The number of aryl methyl sites for hydroxylation is 1. The highest BCUT2D eigenvalue weighted by atomic mass is 35.5. The van der Waals surface area contributed by atoms with E-state index in [1.54, 1.807) is 18.0 Å². The van der Waals surface area contributed by atoms with Crippen LogP contribution in [0.25, 0.3) is 0 Å². The first-order valence-electron chi connectivity index (χ1n) is 11.1. The number of benzene rings is 1. The number of rotatable bonds is 7. The second-order valence-electron chi connectivity index (χ2n) is 8.18. The van der Waals surface area contributed by atoms with Crippen LogP contribution in [0, 0.1) is 6.92 Å². The van der Waals surface area contributed by atoms with E-state index >= 15 is 0 Å². The van der Waals surface area contributed by atoms with Gasteiger partial charge in [0.25, 0.3) is 0 Å². The minimum atomic E-state index is -3.66. The minimum absolute atomic E-state index is 0.109. The van der Waals surface area contributed by atoms with Crippen molar-refractivity contribution in [1.82, 2.24) is 9.29 Å². The van der Waals surface area contributed by atoms with Crippen LogP contribution < -0.4 is 9.04 Å². The van der Waals surface area contributed by atoms with Crippen molar-refractivity contribution in [3.8, 4) is 5.75 Å². The molecule has 0 unspecified atom stereocenters. The average Bonchev–Trinajstić information content (AvgIpc) is 2.83. The zero-order valence-corrected chi connectivity index (χ0v) is 22.2. The first-order chi connectivity index (χ1) is 16.3. The molecule has 0 spiro atoms. The van der Waals surface area contributed by atoms with E-state index < -0.39 is 10.0 Å². The van der Waals surface area contributed by atoms with Gasteiger partial charge in [-0.2, -0.15) is 4.31 Å². The van der Waals surface area contributed by atoms with Gasteiger partial charge in [-0.3, -0.25) is 4.31 Å². The van der Waals surface area contributed by atoms with E-state index in [1.807, 2.05) is 31.2 Å². The molecule has 0 amide bonds. The lowest BCUT2D eigenvalue weighted by Crippen LogP contribution is -2.45. The molecule has 1 aromatic carbocycles. The van der Waals surface area contributed by atoms with E-state index in [2.05, 4.69) is 10.4 Å². The molecule has 4 rings (SSSR count). The Bertz CT molecular complexity index is 1210. The van der Waals surface area contributed by atoms with Crippen molar-refractivity contribution in [2.45, 2.75) is 43.5 Å². The van der Waals surface area contributed by atoms with Crippen molar-refractivity contribution < 1.29 is 13.2 Å². The molecule has 0 radical (unpaired) electrons. The number of nitrogens with zero attached hydrogens (tertiary/aromatic N) is 3. The summed E-state index contributed by atoms with van der Waals surface area (Å²) >= 11 is 14.3. The highest BCUT2D eigenvalue weighted by Gasteiger charge is 2.33. The average molecular weight is 541 g/mol. The number of sulfonamides is 1. The Labute approximate surface area is 215 Å². The van der Waals surface area contributed by atoms with Crippen molar-refractivity contribution in [2.75, 3.05) is 24.5 Å². The summed E-state index contributed by atoms with van der Waals surface area (Å²) < 4.78 is 35.4. The maximum Gasteiger partial charge on any atom is 0.243 e. The molecule has 6 nitrogen and oxygen atoms in total. The maximum absolute atomic E-state index is 13.3. The van der Waals surface area contributed by atoms with Gasteiger partial charge in [-0.25, -0.2) is 13.4 Å². The van der Waals surface area contributed by atoms with Gasteiger partial charge in [-0.1, -0.05) is 41.4 Å². The summed E-state index contributed by atoms with van der Waals surface area (Å²) in [4.78, 5) is 5.92. The standard InChI is InChI=1S/C24H27Cl2N3O3S2/c1-17-6-5-9-24(27-17)29(33-23-8-4-3-7-20(23)25)18-12-14-28(15-13-18)34(30,31)19-10-11-22(32-2)21(26)16-19/h5-11,16,18H,3-4,12-15H2,1-2H3. The van der Waals surface area contributed by atoms with Gasteiger partial charge in [-0.15, -0.1) is 0 Å². The van der Waals surface area contributed by atoms with Crippen LogP contribution in [0.15, 0.2) is 63.4 Å². The Morgan fingerprint density at radius 1 is 1.12 bits per heavy atom. The molecule has 0 saturated carbocycles. The highest BCUT2D eigenvalue weighted by molar-refractivity contribution is 8.04. The predicted molar refractivity (Wildman–Crippen MR) is 140 cm³/mol. The molecule has 1 aliphatic carbocycles. The van der Waals surface area contributed by atoms with E-state index in [0.29, 0.717) is 31.7 Å². The molecular formula is C24H27Cl2N3O3S2. The van der Waals surface area contributed by atoms with E-state index in [9.17, 15) is 8.42 Å². The monoisotopic (exact) mass is 539 g/mol. The Hall–Kier alpha value is -1.71. The summed E-state index contributed by atoms with van der Waals surface area (Å²) in [5, 5.41) is 1.03. The predicted octanol–water partition coefficient (Wildman–Crippen LogP) is 6.16. The molecule has 2 aromatic rings. The molecule has 1 saturated heterocycles. The number of ether oxygens (including phenoxy) is 1. The van der Waals surface area contributed by atoms with Crippen molar-refractivity contribution in [2.24, 2.45) is 0 Å². The van der Waals surface area contributed by atoms with Gasteiger partial charge in [0.15, 0.2) is 0 Å². The van der Waals surface area contributed by atoms with Crippen LogP contribution in [0.5, 0.6) is 5.75 Å². The van der Waals surface area contributed by atoms with Gasteiger partial charge in [0.1, 0.15) is 11.6 Å². The number of hydrogen-bond acceptors (Lipinski definition) is 6. The van der Waals surface area contributed by atoms with Gasteiger partial charge >= 0.3 is 0 Å². The molecule has 1 fully saturated rings. The summed E-state index contributed by atoms with van der Waals surface area (Å²) in [7, 11) is -2.16. The van der Waals surface area contributed by atoms with Crippen molar-refractivity contribution >= 4 is 51.0 Å². The number of pyridine rings is 1. The Kier molecular flexibility index (Phi) is 8.15. The Balaban J connectivity index is 1.53. The van der Waals surface area contributed by atoms with Gasteiger partial charge < -0.3 is 4.74 Å². The molecule has 0 bridgehead atoms. The summed E-state index contributed by atoms with van der Waals surface area (Å²) in [6.45, 7) is 2.78. The third-order valence-corrected chi connectivity index (χ3v) is 9.79.